The zero-order valence-corrected chi connectivity index (χ0v) is 16.3. The van der Waals surface area contributed by atoms with Crippen LogP contribution in [0.25, 0.3) is 17.1 Å². The minimum Gasteiger partial charge on any atom is -0.353 e. The Labute approximate surface area is 163 Å². The Morgan fingerprint density at radius 1 is 1.15 bits per heavy atom. The minimum atomic E-state index is 0.00835. The van der Waals surface area contributed by atoms with Crippen LogP contribution in [0.5, 0.6) is 0 Å². The molecule has 0 aliphatic heterocycles. The van der Waals surface area contributed by atoms with Crippen LogP contribution in [0.15, 0.2) is 60.0 Å². The summed E-state index contributed by atoms with van der Waals surface area (Å²) in [5.41, 5.74) is 1.88. The molecule has 0 saturated heterocycles. The molecule has 140 valence electrons. The average molecular weight is 382 g/mol. The lowest BCUT2D eigenvalue weighted by atomic mass is 10.2. The molecule has 3 aromatic rings. The van der Waals surface area contributed by atoms with Crippen molar-refractivity contribution < 1.29 is 4.79 Å². The molecule has 3 rings (SSSR count). The maximum Gasteiger partial charge on any atom is 0.230 e. The Bertz CT molecular complexity index is 867. The van der Waals surface area contributed by atoms with Gasteiger partial charge in [-0.3, -0.25) is 14.3 Å². The molecule has 1 aromatic carbocycles. The summed E-state index contributed by atoms with van der Waals surface area (Å²) >= 11 is 1.39. The number of thioether (sulfide) groups is 1. The number of hydrogen-bond acceptors (Lipinski definition) is 5. The highest BCUT2D eigenvalue weighted by Gasteiger charge is 2.17. The highest BCUT2D eigenvalue weighted by Crippen LogP contribution is 2.27. The summed E-state index contributed by atoms with van der Waals surface area (Å²) < 4.78 is 1.97. The van der Waals surface area contributed by atoms with Gasteiger partial charge in [0.2, 0.25) is 5.91 Å². The van der Waals surface area contributed by atoms with E-state index in [9.17, 15) is 4.79 Å². The van der Waals surface area contributed by atoms with Gasteiger partial charge in [-0.1, -0.05) is 43.3 Å². The van der Waals surface area contributed by atoms with Crippen molar-refractivity contribution in [2.24, 2.45) is 0 Å². The molecule has 0 fully saturated rings. The van der Waals surface area contributed by atoms with E-state index >= 15 is 0 Å². The van der Waals surface area contributed by atoms with Crippen LogP contribution in [0.2, 0.25) is 0 Å². The smallest absolute Gasteiger partial charge is 0.230 e. The molecule has 1 amide bonds. The number of hydrogen-bond donors (Lipinski definition) is 1. The van der Waals surface area contributed by atoms with Gasteiger partial charge in [-0.2, -0.15) is 0 Å². The SMILES string of the molecule is CCCC(C)NC(=O)CSc1nnc(-c2ccncc2)n1-c1ccccc1. The van der Waals surface area contributed by atoms with E-state index in [0.29, 0.717) is 10.9 Å². The van der Waals surface area contributed by atoms with Gasteiger partial charge in [0, 0.05) is 29.7 Å². The van der Waals surface area contributed by atoms with Crippen molar-refractivity contribution in [1.29, 1.82) is 0 Å². The minimum absolute atomic E-state index is 0.00835. The lowest BCUT2D eigenvalue weighted by molar-refractivity contribution is -0.119. The van der Waals surface area contributed by atoms with E-state index in [1.54, 1.807) is 12.4 Å². The number of pyridine rings is 1. The van der Waals surface area contributed by atoms with Crippen LogP contribution in [-0.4, -0.2) is 37.5 Å². The molecule has 1 N–H and O–H groups in total. The molecule has 6 nitrogen and oxygen atoms in total. The van der Waals surface area contributed by atoms with Gasteiger partial charge in [-0.25, -0.2) is 0 Å². The Balaban J connectivity index is 1.83. The molecule has 0 spiro atoms. The highest BCUT2D eigenvalue weighted by molar-refractivity contribution is 7.99. The number of aromatic nitrogens is 4. The average Bonchev–Trinajstić information content (AvgIpc) is 3.12. The number of benzene rings is 1. The third-order valence-electron chi connectivity index (χ3n) is 4.05. The van der Waals surface area contributed by atoms with Crippen LogP contribution in [0.1, 0.15) is 26.7 Å². The molecule has 0 aliphatic carbocycles. The molecule has 1 unspecified atom stereocenters. The summed E-state index contributed by atoms with van der Waals surface area (Å²) in [6.45, 7) is 4.14. The van der Waals surface area contributed by atoms with E-state index in [1.165, 1.54) is 11.8 Å². The Morgan fingerprint density at radius 2 is 1.89 bits per heavy atom. The second-order valence-electron chi connectivity index (χ2n) is 6.26. The van der Waals surface area contributed by atoms with Gasteiger partial charge >= 0.3 is 0 Å². The fourth-order valence-corrected chi connectivity index (χ4v) is 3.58. The van der Waals surface area contributed by atoms with Gasteiger partial charge in [-0.05, 0) is 37.6 Å². The monoisotopic (exact) mass is 381 g/mol. The molecular formula is C20H23N5OS. The normalized spacial score (nSPS) is 11.9. The summed E-state index contributed by atoms with van der Waals surface area (Å²) in [7, 11) is 0. The fourth-order valence-electron chi connectivity index (χ4n) is 2.81. The Morgan fingerprint density at radius 3 is 2.59 bits per heavy atom. The molecule has 2 aromatic heterocycles. The summed E-state index contributed by atoms with van der Waals surface area (Å²) in [6, 6.07) is 13.9. The van der Waals surface area contributed by atoms with Crippen LogP contribution >= 0.6 is 11.8 Å². The van der Waals surface area contributed by atoms with Gasteiger partial charge < -0.3 is 5.32 Å². The first-order valence-corrected chi connectivity index (χ1v) is 10.0. The van der Waals surface area contributed by atoms with E-state index in [4.69, 9.17) is 0 Å². The van der Waals surface area contributed by atoms with Gasteiger partial charge in [0.25, 0.3) is 0 Å². The Hall–Kier alpha value is -2.67. The van der Waals surface area contributed by atoms with E-state index in [-0.39, 0.29) is 11.9 Å². The predicted molar refractivity (Wildman–Crippen MR) is 108 cm³/mol. The summed E-state index contributed by atoms with van der Waals surface area (Å²) in [4.78, 5) is 16.3. The lowest BCUT2D eigenvalue weighted by Gasteiger charge is -2.13. The maximum atomic E-state index is 12.2. The molecule has 27 heavy (non-hydrogen) atoms. The Kier molecular flexibility index (Phi) is 6.59. The first-order chi connectivity index (χ1) is 13.2. The number of carbonyl (C=O) groups excluding carboxylic acids is 1. The lowest BCUT2D eigenvalue weighted by Crippen LogP contribution is -2.33. The van der Waals surface area contributed by atoms with Crippen LogP contribution < -0.4 is 5.32 Å². The zero-order valence-electron chi connectivity index (χ0n) is 15.5. The largest absolute Gasteiger partial charge is 0.353 e. The molecule has 0 bridgehead atoms. The van der Waals surface area contributed by atoms with Crippen LogP contribution in [0.4, 0.5) is 0 Å². The van der Waals surface area contributed by atoms with Crippen molar-refractivity contribution in [3.05, 3.63) is 54.9 Å². The van der Waals surface area contributed by atoms with Crippen molar-refractivity contribution >= 4 is 17.7 Å². The number of para-hydroxylation sites is 1. The van der Waals surface area contributed by atoms with Gasteiger partial charge in [0.15, 0.2) is 11.0 Å². The van der Waals surface area contributed by atoms with E-state index < -0.39 is 0 Å². The standard InChI is InChI=1S/C20H23N5OS/c1-3-7-15(2)22-18(26)14-27-20-24-23-19(16-10-12-21-13-11-16)25(20)17-8-5-4-6-9-17/h4-6,8-13,15H,3,7,14H2,1-2H3,(H,22,26). The summed E-state index contributed by atoms with van der Waals surface area (Å²) in [5.74, 6) is 1.04. The fraction of sp³-hybridized carbons (Fsp3) is 0.300. The number of amides is 1. The topological polar surface area (TPSA) is 72.7 Å². The summed E-state index contributed by atoms with van der Waals surface area (Å²) in [6.07, 6.45) is 5.48. The second-order valence-corrected chi connectivity index (χ2v) is 7.20. The van der Waals surface area contributed by atoms with Gasteiger partial charge in [0.05, 0.1) is 5.75 Å². The van der Waals surface area contributed by atoms with Crippen molar-refractivity contribution in [2.45, 2.75) is 37.9 Å². The van der Waals surface area contributed by atoms with E-state index in [0.717, 1.165) is 29.9 Å². The quantitative estimate of drug-likeness (QED) is 0.602. The van der Waals surface area contributed by atoms with Crippen molar-refractivity contribution in [3.63, 3.8) is 0 Å². The van der Waals surface area contributed by atoms with Crippen molar-refractivity contribution in [2.75, 3.05) is 5.75 Å². The zero-order chi connectivity index (χ0) is 19.1. The van der Waals surface area contributed by atoms with Gasteiger partial charge in [0.1, 0.15) is 0 Å². The van der Waals surface area contributed by atoms with E-state index in [1.807, 2.05) is 54.0 Å². The first kappa shape index (κ1) is 19.1. The third kappa shape index (κ3) is 4.95. The summed E-state index contributed by atoms with van der Waals surface area (Å²) in [5, 5.41) is 12.4. The molecule has 2 heterocycles. The van der Waals surface area contributed by atoms with E-state index in [2.05, 4.69) is 27.4 Å². The highest BCUT2D eigenvalue weighted by atomic mass is 32.2. The van der Waals surface area contributed by atoms with Gasteiger partial charge in [-0.15, -0.1) is 10.2 Å². The van der Waals surface area contributed by atoms with Crippen molar-refractivity contribution in [1.82, 2.24) is 25.1 Å². The predicted octanol–water partition coefficient (Wildman–Crippen LogP) is 3.73. The van der Waals surface area contributed by atoms with Crippen LogP contribution in [0, 0.1) is 0 Å². The molecule has 1 atom stereocenters. The molecule has 0 aliphatic rings. The maximum absolute atomic E-state index is 12.2. The van der Waals surface area contributed by atoms with Crippen molar-refractivity contribution in [3.8, 4) is 17.1 Å². The first-order valence-electron chi connectivity index (χ1n) is 9.02. The number of nitrogens with one attached hydrogen (secondary N) is 1. The molecular weight excluding hydrogens is 358 g/mol. The number of nitrogens with zero attached hydrogens (tertiary/aromatic N) is 4. The molecule has 0 saturated carbocycles. The third-order valence-corrected chi connectivity index (χ3v) is 4.98. The number of carbonyl (C=O) groups is 1. The molecule has 7 heteroatoms. The molecule has 0 radical (unpaired) electrons. The number of rotatable bonds is 8. The second kappa shape index (κ2) is 9.32. The van der Waals surface area contributed by atoms with Crippen LogP contribution in [-0.2, 0) is 4.79 Å². The van der Waals surface area contributed by atoms with Crippen LogP contribution in [0.3, 0.4) is 0 Å².